The molecule has 0 saturated heterocycles. The Morgan fingerprint density at radius 2 is 2.06 bits per heavy atom. The highest BCUT2D eigenvalue weighted by atomic mass is 32.2. The highest BCUT2D eigenvalue weighted by Gasteiger charge is 2.28. The molecule has 1 aliphatic heterocycles. The van der Waals surface area contributed by atoms with Crippen molar-refractivity contribution in [3.05, 3.63) is 17.0 Å². The maximum absolute atomic E-state index is 11.6. The predicted octanol–water partition coefficient (Wildman–Crippen LogP) is 0.783. The first kappa shape index (κ1) is 12.6. The number of hydrogen-bond acceptors (Lipinski definition) is 3. The highest BCUT2D eigenvalue weighted by molar-refractivity contribution is 7.88. The van der Waals surface area contributed by atoms with Gasteiger partial charge in [-0.25, -0.2) is 8.42 Å². The summed E-state index contributed by atoms with van der Waals surface area (Å²) in [6.07, 6.45) is 2.96. The van der Waals surface area contributed by atoms with E-state index >= 15 is 0 Å². The third-order valence-electron chi connectivity index (χ3n) is 3.29. The molecule has 0 atom stereocenters. The van der Waals surface area contributed by atoms with E-state index in [0.717, 1.165) is 30.8 Å². The highest BCUT2D eigenvalue weighted by Crippen LogP contribution is 2.24. The minimum Gasteiger partial charge on any atom is -0.268 e. The third kappa shape index (κ3) is 2.24. The monoisotopic (exact) mass is 257 g/mol. The van der Waals surface area contributed by atoms with Crippen LogP contribution in [0.15, 0.2) is 0 Å². The van der Waals surface area contributed by atoms with E-state index in [4.69, 9.17) is 0 Å². The lowest BCUT2D eigenvalue weighted by atomic mass is 10.0. The normalized spacial score (nSPS) is 17.1. The maximum Gasteiger partial charge on any atom is 0.211 e. The Hall–Kier alpha value is -0.880. The summed E-state index contributed by atoms with van der Waals surface area (Å²) < 4.78 is 26.6. The van der Waals surface area contributed by atoms with Crippen molar-refractivity contribution >= 4 is 10.0 Å². The molecule has 96 valence electrons. The summed E-state index contributed by atoms with van der Waals surface area (Å²) in [7, 11) is -3.10. The molecule has 5 nitrogen and oxygen atoms in total. The second kappa shape index (κ2) is 4.42. The van der Waals surface area contributed by atoms with Crippen LogP contribution in [0.2, 0.25) is 0 Å². The van der Waals surface area contributed by atoms with Crippen molar-refractivity contribution in [3.63, 3.8) is 0 Å². The van der Waals surface area contributed by atoms with Gasteiger partial charge in [0.25, 0.3) is 0 Å². The van der Waals surface area contributed by atoms with E-state index in [1.807, 2.05) is 11.6 Å². The summed E-state index contributed by atoms with van der Waals surface area (Å²) in [5, 5.41) is 4.54. The third-order valence-corrected chi connectivity index (χ3v) is 4.54. The van der Waals surface area contributed by atoms with Crippen LogP contribution in [-0.4, -0.2) is 35.3 Å². The van der Waals surface area contributed by atoms with Crippen molar-refractivity contribution in [1.82, 2.24) is 14.1 Å². The van der Waals surface area contributed by atoms with Gasteiger partial charge >= 0.3 is 0 Å². The second-order valence-corrected chi connectivity index (χ2v) is 6.37. The maximum atomic E-state index is 11.6. The van der Waals surface area contributed by atoms with Gasteiger partial charge in [-0.1, -0.05) is 6.92 Å². The summed E-state index contributed by atoms with van der Waals surface area (Å²) in [5.41, 5.74) is 3.45. The Labute approximate surface area is 102 Å². The van der Waals surface area contributed by atoms with Crippen LogP contribution >= 0.6 is 0 Å². The topological polar surface area (TPSA) is 55.2 Å². The van der Waals surface area contributed by atoms with Gasteiger partial charge in [0.15, 0.2) is 0 Å². The van der Waals surface area contributed by atoms with Crippen molar-refractivity contribution in [2.45, 2.75) is 39.8 Å². The predicted molar refractivity (Wildman–Crippen MR) is 66.2 cm³/mol. The standard InChI is InChI=1S/C11H19N3O2S/c1-4-10-9-6-7-13(17(3,15)16)8-11(9)14(5-2)12-10/h4-8H2,1-3H3. The largest absolute Gasteiger partial charge is 0.268 e. The van der Waals surface area contributed by atoms with Crippen LogP contribution in [-0.2, 0) is 36.0 Å². The van der Waals surface area contributed by atoms with Gasteiger partial charge in [-0.15, -0.1) is 0 Å². The van der Waals surface area contributed by atoms with Crippen LogP contribution < -0.4 is 0 Å². The Morgan fingerprint density at radius 1 is 1.35 bits per heavy atom. The first-order chi connectivity index (χ1) is 7.97. The summed E-state index contributed by atoms with van der Waals surface area (Å²) in [6.45, 7) is 5.96. The lowest BCUT2D eigenvalue weighted by molar-refractivity contribution is 0.379. The number of rotatable bonds is 3. The SMILES string of the molecule is CCc1nn(CC)c2c1CCN(S(C)(=O)=O)C2. The Balaban J connectivity index is 2.40. The summed E-state index contributed by atoms with van der Waals surface area (Å²) in [6, 6.07) is 0. The fourth-order valence-electron chi connectivity index (χ4n) is 2.37. The molecular formula is C11H19N3O2S. The van der Waals surface area contributed by atoms with Crippen LogP contribution in [0.3, 0.4) is 0 Å². The first-order valence-corrected chi connectivity index (χ1v) is 7.84. The van der Waals surface area contributed by atoms with Gasteiger partial charge in [-0.3, -0.25) is 4.68 Å². The van der Waals surface area contributed by atoms with Gasteiger partial charge in [-0.05, 0) is 25.3 Å². The van der Waals surface area contributed by atoms with Gasteiger partial charge in [0.05, 0.1) is 24.2 Å². The molecule has 0 unspecified atom stereocenters. The Bertz CT molecular complexity index is 519. The quantitative estimate of drug-likeness (QED) is 0.804. The fourth-order valence-corrected chi connectivity index (χ4v) is 3.15. The van der Waals surface area contributed by atoms with Gasteiger partial charge in [0, 0.05) is 13.1 Å². The number of sulfonamides is 1. The molecular weight excluding hydrogens is 238 g/mol. The molecule has 0 saturated carbocycles. The van der Waals surface area contributed by atoms with Gasteiger partial charge in [0.1, 0.15) is 0 Å². The molecule has 0 N–H and O–H groups in total. The van der Waals surface area contributed by atoms with E-state index in [1.165, 1.54) is 16.1 Å². The molecule has 2 heterocycles. The molecule has 0 aromatic carbocycles. The van der Waals surface area contributed by atoms with Crippen molar-refractivity contribution in [2.24, 2.45) is 0 Å². The number of hydrogen-bond donors (Lipinski definition) is 0. The average Bonchev–Trinajstić information content (AvgIpc) is 2.64. The average molecular weight is 257 g/mol. The van der Waals surface area contributed by atoms with Crippen LogP contribution in [0.5, 0.6) is 0 Å². The molecule has 0 fully saturated rings. The Morgan fingerprint density at radius 3 is 2.59 bits per heavy atom. The molecule has 1 aromatic rings. The van der Waals surface area contributed by atoms with Gasteiger partial charge < -0.3 is 0 Å². The molecule has 17 heavy (non-hydrogen) atoms. The van der Waals surface area contributed by atoms with Gasteiger partial charge in [-0.2, -0.15) is 9.40 Å². The lowest BCUT2D eigenvalue weighted by Crippen LogP contribution is -2.36. The summed E-state index contributed by atoms with van der Waals surface area (Å²) in [4.78, 5) is 0. The zero-order valence-electron chi connectivity index (χ0n) is 10.6. The molecule has 0 spiro atoms. The minimum atomic E-state index is -3.10. The number of nitrogens with zero attached hydrogens (tertiary/aromatic N) is 3. The lowest BCUT2D eigenvalue weighted by Gasteiger charge is -2.25. The zero-order chi connectivity index (χ0) is 12.6. The molecule has 6 heteroatoms. The Kier molecular flexibility index (Phi) is 3.27. The molecule has 1 aromatic heterocycles. The molecule has 1 aliphatic rings. The van der Waals surface area contributed by atoms with Crippen molar-refractivity contribution in [3.8, 4) is 0 Å². The van der Waals surface area contributed by atoms with E-state index in [9.17, 15) is 8.42 Å². The van der Waals surface area contributed by atoms with E-state index < -0.39 is 10.0 Å². The van der Waals surface area contributed by atoms with E-state index in [0.29, 0.717) is 13.1 Å². The molecule has 0 amide bonds. The van der Waals surface area contributed by atoms with Crippen molar-refractivity contribution < 1.29 is 8.42 Å². The minimum absolute atomic E-state index is 0.467. The first-order valence-electron chi connectivity index (χ1n) is 5.99. The molecule has 0 aliphatic carbocycles. The van der Waals surface area contributed by atoms with Crippen LogP contribution in [0.4, 0.5) is 0 Å². The zero-order valence-corrected chi connectivity index (χ0v) is 11.4. The number of aryl methyl sites for hydroxylation is 2. The summed E-state index contributed by atoms with van der Waals surface area (Å²) >= 11 is 0. The van der Waals surface area contributed by atoms with Crippen molar-refractivity contribution in [2.75, 3.05) is 12.8 Å². The summed E-state index contributed by atoms with van der Waals surface area (Å²) in [5.74, 6) is 0. The van der Waals surface area contributed by atoms with Crippen LogP contribution in [0, 0.1) is 0 Å². The fraction of sp³-hybridized carbons (Fsp3) is 0.727. The second-order valence-electron chi connectivity index (χ2n) is 4.39. The van der Waals surface area contributed by atoms with Gasteiger partial charge in [0.2, 0.25) is 10.0 Å². The molecule has 0 bridgehead atoms. The molecule has 0 radical (unpaired) electrons. The molecule has 2 rings (SSSR count). The number of fused-ring (bicyclic) bond motifs is 1. The smallest absolute Gasteiger partial charge is 0.211 e. The van der Waals surface area contributed by atoms with Crippen molar-refractivity contribution in [1.29, 1.82) is 0 Å². The van der Waals surface area contributed by atoms with E-state index in [2.05, 4.69) is 12.0 Å². The van der Waals surface area contributed by atoms with E-state index in [-0.39, 0.29) is 0 Å². The van der Waals surface area contributed by atoms with Crippen LogP contribution in [0.25, 0.3) is 0 Å². The van der Waals surface area contributed by atoms with E-state index in [1.54, 1.807) is 0 Å². The number of aromatic nitrogens is 2. The van der Waals surface area contributed by atoms with Crippen LogP contribution in [0.1, 0.15) is 30.8 Å².